The molecule has 1 saturated carbocycles. The molecule has 1 aliphatic heterocycles. The van der Waals surface area contributed by atoms with Crippen LogP contribution in [0, 0.1) is 11.3 Å². The lowest BCUT2D eigenvalue weighted by Gasteiger charge is -2.27. The molecule has 0 spiro atoms. The quantitative estimate of drug-likeness (QED) is 0.264. The fraction of sp³-hybridized carbons (Fsp3) is 0.548. The number of halogens is 1. The Morgan fingerprint density at radius 2 is 2.10 bits per heavy atom. The molecular formula is C31H40FN5O4. The molecule has 4 rings (SSSR count). The van der Waals surface area contributed by atoms with Crippen LogP contribution in [-0.4, -0.2) is 79.0 Å². The van der Waals surface area contributed by atoms with Crippen LogP contribution in [0.25, 0.3) is 0 Å². The number of pyridine rings is 1. The van der Waals surface area contributed by atoms with Crippen LogP contribution >= 0.6 is 0 Å². The van der Waals surface area contributed by atoms with E-state index in [9.17, 15) is 24.3 Å². The molecule has 1 aromatic carbocycles. The maximum atomic E-state index is 13.5. The minimum Gasteiger partial charge on any atom is -0.480 e. The number of benzene rings is 1. The second-order valence-electron chi connectivity index (χ2n) is 11.0. The average Bonchev–Trinajstić information content (AvgIpc) is 3.81. The first-order valence-electron chi connectivity index (χ1n) is 14.5. The molecule has 2 unspecified atom stereocenters. The standard InChI is InChI=1S/C31H40FN5O4/c1-41-26(19-32)21-37(16-3-2-9-25-11-10-23-7-5-15-34-28(23)35-25)17-12-27(29(38)39)36-30(40)31(13-14-31)24-8-4-6-22(18-24)20-33/h4,6,8,10-11,18,26-27H,2-3,5,7,9,12-17,19,21H2,1H3,(H,34,35)(H,36,40)(H,38,39). The maximum absolute atomic E-state index is 13.5. The van der Waals surface area contributed by atoms with Crippen LogP contribution in [0.2, 0.25) is 0 Å². The van der Waals surface area contributed by atoms with Crippen LogP contribution in [0.5, 0.6) is 0 Å². The lowest BCUT2D eigenvalue weighted by Crippen LogP contribution is -2.47. The van der Waals surface area contributed by atoms with E-state index < -0.39 is 30.2 Å². The first-order chi connectivity index (χ1) is 19.9. The van der Waals surface area contributed by atoms with Crippen molar-refractivity contribution in [2.45, 2.75) is 68.9 Å². The monoisotopic (exact) mass is 565 g/mol. The number of aromatic nitrogens is 1. The summed E-state index contributed by atoms with van der Waals surface area (Å²) in [7, 11) is 1.47. The topological polar surface area (TPSA) is 128 Å². The zero-order valence-electron chi connectivity index (χ0n) is 23.7. The molecule has 3 N–H and O–H groups in total. The highest BCUT2D eigenvalue weighted by Crippen LogP contribution is 2.48. The Morgan fingerprint density at radius 1 is 1.27 bits per heavy atom. The van der Waals surface area contributed by atoms with E-state index >= 15 is 0 Å². The highest BCUT2D eigenvalue weighted by Gasteiger charge is 2.52. The third-order valence-corrected chi connectivity index (χ3v) is 8.14. The molecule has 10 heteroatoms. The van der Waals surface area contributed by atoms with Gasteiger partial charge in [0.25, 0.3) is 0 Å². The predicted molar refractivity (Wildman–Crippen MR) is 153 cm³/mol. The number of nitriles is 1. The number of carboxylic acid groups (broad SMARTS) is 1. The van der Waals surface area contributed by atoms with Crippen LogP contribution in [-0.2, 0) is 32.6 Å². The van der Waals surface area contributed by atoms with Gasteiger partial charge in [0, 0.05) is 32.4 Å². The van der Waals surface area contributed by atoms with Crippen molar-refractivity contribution in [2.24, 2.45) is 0 Å². The molecule has 2 aromatic rings. The normalized spacial score (nSPS) is 16.6. The van der Waals surface area contributed by atoms with Gasteiger partial charge in [-0.2, -0.15) is 5.26 Å². The number of carboxylic acids is 1. The summed E-state index contributed by atoms with van der Waals surface area (Å²) in [5.74, 6) is -0.466. The van der Waals surface area contributed by atoms with Crippen LogP contribution in [0.15, 0.2) is 36.4 Å². The molecule has 1 fully saturated rings. The number of carbonyl (C=O) groups excluding carboxylic acids is 1. The van der Waals surface area contributed by atoms with Crippen molar-refractivity contribution in [3.05, 3.63) is 58.8 Å². The SMILES string of the molecule is COC(CF)CN(CCCCc1ccc2c(n1)NCCC2)CCC(NC(=O)C1(c2cccc(C#N)c2)CC1)C(=O)O. The summed E-state index contributed by atoms with van der Waals surface area (Å²) < 4.78 is 18.7. The first-order valence-corrected chi connectivity index (χ1v) is 14.5. The van der Waals surface area contributed by atoms with Gasteiger partial charge in [-0.3, -0.25) is 4.79 Å². The summed E-state index contributed by atoms with van der Waals surface area (Å²) in [6, 6.07) is 12.2. The number of unbranched alkanes of at least 4 members (excludes halogenated alkanes) is 1. The van der Waals surface area contributed by atoms with E-state index in [2.05, 4.69) is 28.8 Å². The van der Waals surface area contributed by atoms with Crippen LogP contribution in [0.1, 0.15) is 60.9 Å². The van der Waals surface area contributed by atoms with Gasteiger partial charge in [-0.1, -0.05) is 18.2 Å². The Kier molecular flexibility index (Phi) is 10.7. The van der Waals surface area contributed by atoms with Crippen molar-refractivity contribution in [2.75, 3.05) is 45.3 Å². The van der Waals surface area contributed by atoms with Crippen LogP contribution in [0.4, 0.5) is 10.2 Å². The number of nitrogens with one attached hydrogen (secondary N) is 2. The fourth-order valence-electron chi connectivity index (χ4n) is 5.44. The lowest BCUT2D eigenvalue weighted by atomic mass is 9.93. The third-order valence-electron chi connectivity index (χ3n) is 8.14. The highest BCUT2D eigenvalue weighted by molar-refractivity contribution is 5.94. The molecule has 0 radical (unpaired) electrons. The van der Waals surface area contributed by atoms with Gasteiger partial charge in [0.2, 0.25) is 5.91 Å². The minimum atomic E-state index is -1.11. The Morgan fingerprint density at radius 3 is 2.80 bits per heavy atom. The lowest BCUT2D eigenvalue weighted by molar-refractivity contribution is -0.142. The van der Waals surface area contributed by atoms with E-state index in [0.717, 1.165) is 55.7 Å². The summed E-state index contributed by atoms with van der Waals surface area (Å²) in [6.07, 6.45) is 5.49. The van der Waals surface area contributed by atoms with Crippen LogP contribution < -0.4 is 10.6 Å². The van der Waals surface area contributed by atoms with Crippen molar-refractivity contribution in [1.29, 1.82) is 5.26 Å². The van der Waals surface area contributed by atoms with Gasteiger partial charge in [0.15, 0.2) is 0 Å². The van der Waals surface area contributed by atoms with Gasteiger partial charge in [0.1, 0.15) is 18.5 Å². The summed E-state index contributed by atoms with van der Waals surface area (Å²) in [6.45, 7) is 1.66. The van der Waals surface area contributed by atoms with Gasteiger partial charge >= 0.3 is 5.97 Å². The molecule has 1 aromatic heterocycles. The molecule has 220 valence electrons. The zero-order valence-corrected chi connectivity index (χ0v) is 23.7. The second kappa shape index (κ2) is 14.4. The maximum Gasteiger partial charge on any atom is 0.326 e. The Hall–Kier alpha value is -3.55. The van der Waals surface area contributed by atoms with Crippen molar-refractivity contribution in [3.63, 3.8) is 0 Å². The Balaban J connectivity index is 1.32. The fourth-order valence-corrected chi connectivity index (χ4v) is 5.44. The van der Waals surface area contributed by atoms with E-state index in [-0.39, 0.29) is 12.3 Å². The average molecular weight is 566 g/mol. The number of amides is 1. The predicted octanol–water partition coefficient (Wildman–Crippen LogP) is 3.61. The number of hydrogen-bond donors (Lipinski definition) is 3. The number of methoxy groups -OCH3 is 1. The van der Waals surface area contributed by atoms with Crippen molar-refractivity contribution in [3.8, 4) is 6.07 Å². The summed E-state index contributed by atoms with van der Waals surface area (Å²) in [5.41, 5.74) is 2.69. The number of anilines is 1. The summed E-state index contributed by atoms with van der Waals surface area (Å²) >= 11 is 0. The zero-order chi connectivity index (χ0) is 29.2. The minimum absolute atomic E-state index is 0.177. The number of fused-ring (bicyclic) bond motifs is 1. The molecule has 2 heterocycles. The Labute approximate surface area is 241 Å². The van der Waals surface area contributed by atoms with Gasteiger partial charge < -0.3 is 25.4 Å². The number of ether oxygens (including phenoxy) is 1. The Bertz CT molecular complexity index is 1240. The van der Waals surface area contributed by atoms with Crippen LogP contribution in [0.3, 0.4) is 0 Å². The van der Waals surface area contributed by atoms with E-state index in [1.165, 1.54) is 12.7 Å². The number of alkyl halides is 1. The van der Waals surface area contributed by atoms with Crippen molar-refractivity contribution < 1.29 is 23.8 Å². The molecule has 0 saturated heterocycles. The molecule has 2 aliphatic rings. The third kappa shape index (κ3) is 8.02. The largest absolute Gasteiger partial charge is 0.480 e. The molecule has 0 bridgehead atoms. The van der Waals surface area contributed by atoms with E-state index in [1.807, 2.05) is 11.0 Å². The van der Waals surface area contributed by atoms with E-state index in [0.29, 0.717) is 38.0 Å². The smallest absolute Gasteiger partial charge is 0.326 e. The van der Waals surface area contributed by atoms with Gasteiger partial charge in [-0.15, -0.1) is 0 Å². The first kappa shape index (κ1) is 30.4. The van der Waals surface area contributed by atoms with Gasteiger partial charge in [0.05, 0.1) is 23.2 Å². The van der Waals surface area contributed by atoms with E-state index in [4.69, 9.17) is 9.72 Å². The molecule has 41 heavy (non-hydrogen) atoms. The molecule has 1 amide bonds. The number of aryl methyl sites for hydroxylation is 2. The number of nitrogens with zero attached hydrogens (tertiary/aromatic N) is 3. The molecule has 2 atom stereocenters. The number of aliphatic carboxylic acids is 1. The number of carbonyl (C=O) groups is 2. The molecular weight excluding hydrogens is 525 g/mol. The van der Waals surface area contributed by atoms with E-state index in [1.54, 1.807) is 18.2 Å². The second-order valence-corrected chi connectivity index (χ2v) is 11.0. The summed E-state index contributed by atoms with van der Waals surface area (Å²) in [5, 5.41) is 25.2. The number of hydrogen-bond acceptors (Lipinski definition) is 7. The van der Waals surface area contributed by atoms with Crippen molar-refractivity contribution >= 4 is 17.7 Å². The summed E-state index contributed by atoms with van der Waals surface area (Å²) in [4.78, 5) is 32.1. The van der Waals surface area contributed by atoms with Gasteiger partial charge in [-0.25, -0.2) is 14.2 Å². The molecule has 1 aliphatic carbocycles. The van der Waals surface area contributed by atoms with Crippen molar-refractivity contribution in [1.82, 2.24) is 15.2 Å². The van der Waals surface area contributed by atoms with Gasteiger partial charge in [-0.05, 0) is 87.2 Å². The highest BCUT2D eigenvalue weighted by atomic mass is 19.1. The number of rotatable bonds is 16. The molecule has 9 nitrogen and oxygen atoms in total.